The number of ketones is 2. The Morgan fingerprint density at radius 3 is 2.06 bits per heavy atom. The highest BCUT2D eigenvalue weighted by Gasteiger charge is 2.49. The fraction of sp³-hybridized carbons (Fsp3) is 0.357. The summed E-state index contributed by atoms with van der Waals surface area (Å²) in [5.74, 6) is 3.07. The molecule has 1 amide bonds. The van der Waals surface area contributed by atoms with E-state index in [0.717, 1.165) is 24.8 Å². The summed E-state index contributed by atoms with van der Waals surface area (Å²) in [6, 6.07) is 16.7. The molecule has 35 heavy (non-hydrogen) atoms. The number of benzene rings is 2. The summed E-state index contributed by atoms with van der Waals surface area (Å²) in [6.45, 7) is 2.78. The Balaban J connectivity index is 2.12. The number of aryl methyl sites for hydroxylation is 1. The van der Waals surface area contributed by atoms with Crippen LogP contribution in [0.4, 0.5) is 0 Å². The van der Waals surface area contributed by atoms with Gasteiger partial charge in [0.1, 0.15) is 5.41 Å². The molecule has 2 aromatic carbocycles. The SMILES string of the molecule is CNC(=O)[C@@](C)(C(=O)C(N)O)C(C)C(=O)c1ccc(C#Cc2ccc(CCCCC#N)cc2)cc1. The van der Waals surface area contributed by atoms with E-state index in [1.54, 1.807) is 24.3 Å². The van der Waals surface area contributed by atoms with E-state index in [2.05, 4.69) is 23.2 Å². The number of carbonyl (C=O) groups excluding carboxylic acids is 3. The van der Waals surface area contributed by atoms with E-state index in [-0.39, 0.29) is 0 Å². The highest BCUT2D eigenvalue weighted by atomic mass is 16.3. The highest BCUT2D eigenvalue weighted by Crippen LogP contribution is 2.32. The fourth-order valence-corrected chi connectivity index (χ4v) is 3.75. The molecule has 0 aliphatic heterocycles. The van der Waals surface area contributed by atoms with Crippen LogP contribution in [0, 0.1) is 34.5 Å². The summed E-state index contributed by atoms with van der Waals surface area (Å²) in [5.41, 5.74) is 6.59. The van der Waals surface area contributed by atoms with Gasteiger partial charge in [-0.1, -0.05) is 43.0 Å². The Kier molecular flexibility index (Phi) is 9.90. The molecule has 0 radical (unpaired) electrons. The van der Waals surface area contributed by atoms with Crippen LogP contribution in [0.15, 0.2) is 48.5 Å². The minimum absolute atomic E-state index is 0.318. The number of unbranched alkanes of at least 4 members (excludes halogenated alkanes) is 2. The van der Waals surface area contributed by atoms with Crippen molar-refractivity contribution in [2.75, 3.05) is 7.05 Å². The Labute approximate surface area is 206 Å². The zero-order chi connectivity index (χ0) is 26.0. The zero-order valence-corrected chi connectivity index (χ0v) is 20.3. The van der Waals surface area contributed by atoms with Crippen molar-refractivity contribution in [2.24, 2.45) is 17.1 Å². The third kappa shape index (κ3) is 6.86. The van der Waals surface area contributed by atoms with Gasteiger partial charge in [0.2, 0.25) is 5.91 Å². The molecule has 0 heterocycles. The van der Waals surface area contributed by atoms with Crippen LogP contribution in [0.25, 0.3) is 0 Å². The van der Waals surface area contributed by atoms with Gasteiger partial charge in [-0.25, -0.2) is 0 Å². The second-order valence-corrected chi connectivity index (χ2v) is 8.57. The van der Waals surface area contributed by atoms with Crippen molar-refractivity contribution in [1.82, 2.24) is 5.32 Å². The van der Waals surface area contributed by atoms with Gasteiger partial charge in [0.25, 0.3) is 0 Å². The molecule has 3 atom stereocenters. The molecule has 7 heteroatoms. The molecule has 0 aliphatic rings. The van der Waals surface area contributed by atoms with Gasteiger partial charge in [-0.2, -0.15) is 5.26 Å². The van der Waals surface area contributed by atoms with Crippen molar-refractivity contribution in [3.8, 4) is 17.9 Å². The van der Waals surface area contributed by atoms with E-state index in [9.17, 15) is 19.5 Å². The van der Waals surface area contributed by atoms with Crippen molar-refractivity contribution in [3.05, 3.63) is 70.8 Å². The lowest BCUT2D eigenvalue weighted by Gasteiger charge is -2.32. The first-order valence-electron chi connectivity index (χ1n) is 11.5. The normalized spacial score (nSPS) is 13.8. The fourth-order valence-electron chi connectivity index (χ4n) is 3.75. The van der Waals surface area contributed by atoms with Gasteiger partial charge in [0.05, 0.1) is 6.07 Å². The average molecular weight is 474 g/mol. The molecule has 0 aromatic heterocycles. The lowest BCUT2D eigenvalue weighted by atomic mass is 9.70. The molecule has 0 spiro atoms. The van der Waals surface area contributed by atoms with E-state index < -0.39 is 35.0 Å². The number of aliphatic hydroxyl groups is 1. The Morgan fingerprint density at radius 1 is 1.03 bits per heavy atom. The van der Waals surface area contributed by atoms with Gasteiger partial charge in [-0.15, -0.1) is 0 Å². The summed E-state index contributed by atoms with van der Waals surface area (Å²) in [6.07, 6.45) is 1.51. The van der Waals surface area contributed by atoms with Gasteiger partial charge in [-0.05, 0) is 56.0 Å². The number of carbonyl (C=O) groups is 3. The van der Waals surface area contributed by atoms with E-state index >= 15 is 0 Å². The zero-order valence-electron chi connectivity index (χ0n) is 20.3. The van der Waals surface area contributed by atoms with Crippen LogP contribution in [-0.2, 0) is 16.0 Å². The molecular formula is C28H31N3O4. The van der Waals surface area contributed by atoms with Crippen molar-refractivity contribution in [1.29, 1.82) is 5.26 Å². The van der Waals surface area contributed by atoms with Crippen LogP contribution >= 0.6 is 0 Å². The summed E-state index contributed by atoms with van der Waals surface area (Å²) in [5, 5.41) is 20.6. The maximum Gasteiger partial charge on any atom is 0.234 e. The van der Waals surface area contributed by atoms with E-state index in [1.165, 1.54) is 26.5 Å². The van der Waals surface area contributed by atoms with Crippen LogP contribution in [0.2, 0.25) is 0 Å². The second-order valence-electron chi connectivity index (χ2n) is 8.57. The van der Waals surface area contributed by atoms with Gasteiger partial charge < -0.3 is 10.4 Å². The third-order valence-electron chi connectivity index (χ3n) is 6.22. The van der Waals surface area contributed by atoms with Gasteiger partial charge in [-0.3, -0.25) is 20.1 Å². The monoisotopic (exact) mass is 473 g/mol. The Hall–Kier alpha value is -3.78. The molecule has 0 fully saturated rings. The van der Waals surface area contributed by atoms with Gasteiger partial charge in [0, 0.05) is 36.1 Å². The van der Waals surface area contributed by atoms with Crippen LogP contribution in [0.5, 0.6) is 0 Å². The van der Waals surface area contributed by atoms with Gasteiger partial charge in [0.15, 0.2) is 17.8 Å². The van der Waals surface area contributed by atoms with Crippen LogP contribution in [-0.4, -0.2) is 35.9 Å². The number of aliphatic hydroxyl groups excluding tert-OH is 1. The van der Waals surface area contributed by atoms with Gasteiger partial charge >= 0.3 is 0 Å². The smallest absolute Gasteiger partial charge is 0.234 e. The molecule has 0 aliphatic carbocycles. The first-order chi connectivity index (χ1) is 16.6. The summed E-state index contributed by atoms with van der Waals surface area (Å²) < 4.78 is 0. The van der Waals surface area contributed by atoms with Crippen molar-refractivity contribution >= 4 is 17.5 Å². The quantitative estimate of drug-likeness (QED) is 0.160. The number of hydrogen-bond donors (Lipinski definition) is 3. The molecule has 0 saturated heterocycles. The number of hydrogen-bond acceptors (Lipinski definition) is 6. The number of nitrogens with two attached hydrogens (primary N) is 1. The highest BCUT2D eigenvalue weighted by molar-refractivity contribution is 6.13. The Bertz CT molecular complexity index is 1150. The number of Topliss-reactive ketones (excluding diaryl/α,β-unsaturated/α-hetero) is 2. The predicted octanol–water partition coefficient (Wildman–Crippen LogP) is 2.74. The van der Waals surface area contributed by atoms with E-state index in [0.29, 0.717) is 17.5 Å². The van der Waals surface area contributed by atoms with E-state index in [1.807, 2.05) is 24.3 Å². The average Bonchev–Trinajstić information content (AvgIpc) is 2.88. The molecule has 7 nitrogen and oxygen atoms in total. The minimum atomic E-state index is -1.87. The maximum absolute atomic E-state index is 13.1. The molecule has 2 unspecified atom stereocenters. The largest absolute Gasteiger partial charge is 0.371 e. The lowest BCUT2D eigenvalue weighted by Crippen LogP contribution is -2.55. The number of rotatable bonds is 10. The standard InChI is InChI=1S/C28H31N3O4/c1-19(28(2,27(35)31-3)25(33)26(30)34)24(32)23-16-14-22(15-17-23)13-12-21-10-8-20(9-11-21)7-5-4-6-18-29/h8-11,14-17,19,26,34H,4-7,30H2,1-3H3,(H,31,35)/t19?,26?,28-/m1/s1. The predicted molar refractivity (Wildman–Crippen MR) is 133 cm³/mol. The first kappa shape index (κ1) is 27.5. The topological polar surface area (TPSA) is 133 Å². The second kappa shape index (κ2) is 12.6. The number of nitriles is 1. The molecule has 2 aromatic rings. The number of nitrogens with zero attached hydrogens (tertiary/aromatic N) is 1. The number of nitrogens with one attached hydrogen (secondary N) is 1. The van der Waals surface area contributed by atoms with Crippen molar-refractivity contribution < 1.29 is 19.5 Å². The lowest BCUT2D eigenvalue weighted by molar-refractivity contribution is -0.148. The minimum Gasteiger partial charge on any atom is -0.371 e. The molecule has 2 rings (SSSR count). The molecule has 182 valence electrons. The first-order valence-corrected chi connectivity index (χ1v) is 11.5. The van der Waals surface area contributed by atoms with Crippen molar-refractivity contribution in [3.63, 3.8) is 0 Å². The summed E-state index contributed by atoms with van der Waals surface area (Å²) in [4.78, 5) is 38.0. The Morgan fingerprint density at radius 2 is 1.57 bits per heavy atom. The molecule has 0 saturated carbocycles. The van der Waals surface area contributed by atoms with Crippen LogP contribution < -0.4 is 11.1 Å². The molecule has 0 bridgehead atoms. The molecular weight excluding hydrogens is 442 g/mol. The molecule has 4 N–H and O–H groups in total. The number of amides is 1. The van der Waals surface area contributed by atoms with Crippen molar-refractivity contribution in [2.45, 2.75) is 45.8 Å². The summed E-state index contributed by atoms with van der Waals surface area (Å²) in [7, 11) is 1.35. The van der Waals surface area contributed by atoms with E-state index in [4.69, 9.17) is 11.0 Å². The summed E-state index contributed by atoms with van der Waals surface area (Å²) >= 11 is 0. The third-order valence-corrected chi connectivity index (χ3v) is 6.22. The van der Waals surface area contributed by atoms with Crippen LogP contribution in [0.1, 0.15) is 60.2 Å². The van der Waals surface area contributed by atoms with Crippen LogP contribution in [0.3, 0.4) is 0 Å². The maximum atomic E-state index is 13.1.